The number of nitrogens with one attached hydrogen (secondary N) is 1. The molecule has 0 saturated carbocycles. The van der Waals surface area contributed by atoms with Gasteiger partial charge in [-0.25, -0.2) is 4.98 Å². The number of carbonyl (C=O) groups is 1. The van der Waals surface area contributed by atoms with Gasteiger partial charge in [-0.15, -0.1) is 11.3 Å². The largest absolute Gasteiger partial charge is 0.485 e. The van der Waals surface area contributed by atoms with Crippen LogP contribution in [0.1, 0.15) is 31.0 Å². The molecule has 1 amide bonds. The molecule has 0 unspecified atom stereocenters. The Hall–Kier alpha value is -1.95. The summed E-state index contributed by atoms with van der Waals surface area (Å²) in [4.78, 5) is 20.1. The van der Waals surface area contributed by atoms with Crippen molar-refractivity contribution in [3.63, 3.8) is 0 Å². The number of thiazole rings is 1. The van der Waals surface area contributed by atoms with E-state index in [9.17, 15) is 4.79 Å². The maximum atomic E-state index is 11.6. The second kappa shape index (κ2) is 8.48. The lowest BCUT2D eigenvalue weighted by Gasteiger charge is -2.05. The van der Waals surface area contributed by atoms with Crippen LogP contribution in [-0.2, 0) is 17.8 Å². The van der Waals surface area contributed by atoms with E-state index in [-0.39, 0.29) is 5.91 Å². The lowest BCUT2D eigenvalue weighted by Crippen LogP contribution is -2.26. The Balaban J connectivity index is 1.71. The Bertz CT molecular complexity index is 584. The Morgan fingerprint density at radius 1 is 1.45 bits per heavy atom. The van der Waals surface area contributed by atoms with Gasteiger partial charge in [-0.3, -0.25) is 9.78 Å². The summed E-state index contributed by atoms with van der Waals surface area (Å²) in [6, 6.07) is 3.70. The zero-order valence-corrected chi connectivity index (χ0v) is 13.7. The van der Waals surface area contributed by atoms with Gasteiger partial charge in [0.2, 0.25) is 5.91 Å². The number of hydrogen-bond donors (Lipinski definition) is 1. The molecule has 0 atom stereocenters. The number of aromatic nitrogens is 2. The lowest BCUT2D eigenvalue weighted by atomic mass is 10.1. The third kappa shape index (κ3) is 5.81. The molecule has 2 aromatic rings. The standard InChI is InChI=1S/C16H21N3O2S/c1-12(2)8-15(20)18-7-5-13-11-22-16(19-13)10-21-14-4-3-6-17-9-14/h3-4,6,9,11-12H,5,7-8,10H2,1-2H3,(H,18,20). The summed E-state index contributed by atoms with van der Waals surface area (Å²) in [6.07, 6.45) is 4.70. The minimum Gasteiger partial charge on any atom is -0.485 e. The van der Waals surface area contributed by atoms with Crippen molar-refractivity contribution < 1.29 is 9.53 Å². The normalized spacial score (nSPS) is 10.7. The minimum absolute atomic E-state index is 0.102. The molecule has 2 rings (SSSR count). The highest BCUT2D eigenvalue weighted by atomic mass is 32.1. The van der Waals surface area contributed by atoms with Crippen LogP contribution in [0.3, 0.4) is 0 Å². The highest BCUT2D eigenvalue weighted by Crippen LogP contribution is 2.14. The smallest absolute Gasteiger partial charge is 0.220 e. The average molecular weight is 319 g/mol. The summed E-state index contributed by atoms with van der Waals surface area (Å²) in [5.41, 5.74) is 0.986. The molecule has 0 spiro atoms. The molecule has 6 heteroatoms. The van der Waals surface area contributed by atoms with E-state index < -0.39 is 0 Å². The quantitative estimate of drug-likeness (QED) is 0.812. The Labute approximate surface area is 134 Å². The molecule has 0 aromatic carbocycles. The molecular weight excluding hydrogens is 298 g/mol. The van der Waals surface area contributed by atoms with Crippen molar-refractivity contribution in [3.05, 3.63) is 40.6 Å². The van der Waals surface area contributed by atoms with Crippen LogP contribution in [0.15, 0.2) is 29.9 Å². The first-order valence-corrected chi connectivity index (χ1v) is 8.24. The number of ether oxygens (including phenoxy) is 1. The summed E-state index contributed by atoms with van der Waals surface area (Å²) in [6.45, 7) is 5.14. The van der Waals surface area contributed by atoms with Gasteiger partial charge in [0.05, 0.1) is 11.9 Å². The summed E-state index contributed by atoms with van der Waals surface area (Å²) in [5, 5.41) is 5.85. The minimum atomic E-state index is 0.102. The second-order valence-corrected chi connectivity index (χ2v) is 6.35. The van der Waals surface area contributed by atoms with E-state index in [1.165, 1.54) is 0 Å². The van der Waals surface area contributed by atoms with Crippen molar-refractivity contribution in [1.82, 2.24) is 15.3 Å². The summed E-state index contributed by atoms with van der Waals surface area (Å²) in [5.74, 6) is 1.22. The number of hydrogen-bond acceptors (Lipinski definition) is 5. The Morgan fingerprint density at radius 2 is 2.32 bits per heavy atom. The molecule has 1 N–H and O–H groups in total. The van der Waals surface area contributed by atoms with E-state index in [0.29, 0.717) is 25.5 Å². The average Bonchev–Trinajstić information content (AvgIpc) is 2.93. The fourth-order valence-electron chi connectivity index (χ4n) is 1.88. The first-order chi connectivity index (χ1) is 10.6. The van der Waals surface area contributed by atoms with Crippen molar-refractivity contribution in [2.24, 2.45) is 5.92 Å². The monoisotopic (exact) mass is 319 g/mol. The van der Waals surface area contributed by atoms with Gasteiger partial charge in [0.25, 0.3) is 0 Å². The molecule has 0 radical (unpaired) electrons. The highest BCUT2D eigenvalue weighted by Gasteiger charge is 2.06. The molecule has 0 saturated heterocycles. The van der Waals surface area contributed by atoms with Crippen molar-refractivity contribution >= 4 is 17.2 Å². The van der Waals surface area contributed by atoms with Gasteiger partial charge in [-0.1, -0.05) is 13.8 Å². The van der Waals surface area contributed by atoms with Crippen LogP contribution in [0.25, 0.3) is 0 Å². The van der Waals surface area contributed by atoms with Gasteiger partial charge in [-0.2, -0.15) is 0 Å². The molecule has 0 aliphatic heterocycles. The first kappa shape index (κ1) is 16.4. The molecule has 0 aliphatic carbocycles. The predicted molar refractivity (Wildman–Crippen MR) is 86.9 cm³/mol. The number of rotatable bonds is 8. The van der Waals surface area contributed by atoms with Crippen LogP contribution < -0.4 is 10.1 Å². The fourth-order valence-corrected chi connectivity index (χ4v) is 2.62. The number of amides is 1. The predicted octanol–water partition coefficient (Wildman–Crippen LogP) is 2.82. The van der Waals surface area contributed by atoms with Gasteiger partial charge < -0.3 is 10.1 Å². The second-order valence-electron chi connectivity index (χ2n) is 5.41. The van der Waals surface area contributed by atoms with Gasteiger partial charge in [-0.05, 0) is 18.1 Å². The Morgan fingerprint density at radius 3 is 3.05 bits per heavy atom. The van der Waals surface area contributed by atoms with Gasteiger partial charge in [0.1, 0.15) is 17.4 Å². The summed E-state index contributed by atoms with van der Waals surface area (Å²) >= 11 is 1.57. The zero-order chi connectivity index (χ0) is 15.8. The molecule has 5 nitrogen and oxygen atoms in total. The van der Waals surface area contributed by atoms with E-state index in [1.807, 2.05) is 31.4 Å². The molecule has 0 aliphatic rings. The highest BCUT2D eigenvalue weighted by molar-refractivity contribution is 7.09. The van der Waals surface area contributed by atoms with Crippen molar-refractivity contribution in [1.29, 1.82) is 0 Å². The van der Waals surface area contributed by atoms with Gasteiger partial charge >= 0.3 is 0 Å². The van der Waals surface area contributed by atoms with Crippen molar-refractivity contribution in [2.75, 3.05) is 6.54 Å². The first-order valence-electron chi connectivity index (χ1n) is 7.36. The van der Waals surface area contributed by atoms with Crippen molar-refractivity contribution in [3.8, 4) is 5.75 Å². The fraction of sp³-hybridized carbons (Fsp3) is 0.438. The van der Waals surface area contributed by atoms with E-state index in [0.717, 1.165) is 22.9 Å². The molecule has 2 aromatic heterocycles. The summed E-state index contributed by atoms with van der Waals surface area (Å²) in [7, 11) is 0. The SMILES string of the molecule is CC(C)CC(=O)NCCc1csc(COc2cccnc2)n1. The zero-order valence-electron chi connectivity index (χ0n) is 12.9. The van der Waals surface area contributed by atoms with Crippen molar-refractivity contribution in [2.45, 2.75) is 33.3 Å². The van der Waals surface area contributed by atoms with Gasteiger partial charge in [0, 0.05) is 31.0 Å². The maximum absolute atomic E-state index is 11.6. The topological polar surface area (TPSA) is 64.1 Å². The third-order valence-corrected chi connectivity index (χ3v) is 3.76. The van der Waals surface area contributed by atoms with E-state index in [4.69, 9.17) is 4.74 Å². The van der Waals surface area contributed by atoms with Crippen LogP contribution in [0.2, 0.25) is 0 Å². The van der Waals surface area contributed by atoms with Crippen LogP contribution in [0.5, 0.6) is 5.75 Å². The van der Waals surface area contributed by atoms with E-state index in [1.54, 1.807) is 23.7 Å². The molecule has 0 bridgehead atoms. The van der Waals surface area contributed by atoms with E-state index in [2.05, 4.69) is 15.3 Å². The third-order valence-electron chi connectivity index (χ3n) is 2.89. The maximum Gasteiger partial charge on any atom is 0.220 e. The van der Waals surface area contributed by atoms with Crippen LogP contribution >= 0.6 is 11.3 Å². The number of nitrogens with zero attached hydrogens (tertiary/aromatic N) is 2. The Kier molecular flexibility index (Phi) is 6.33. The molecule has 118 valence electrons. The summed E-state index contributed by atoms with van der Waals surface area (Å²) < 4.78 is 5.61. The number of pyridine rings is 1. The molecular formula is C16H21N3O2S. The molecule has 0 fully saturated rings. The van der Waals surface area contributed by atoms with E-state index >= 15 is 0 Å². The molecule has 2 heterocycles. The lowest BCUT2D eigenvalue weighted by molar-refractivity contribution is -0.121. The molecule has 22 heavy (non-hydrogen) atoms. The van der Waals surface area contributed by atoms with Crippen LogP contribution in [0.4, 0.5) is 0 Å². The van der Waals surface area contributed by atoms with Crippen LogP contribution in [0, 0.1) is 5.92 Å². The van der Waals surface area contributed by atoms with Gasteiger partial charge in [0.15, 0.2) is 0 Å². The van der Waals surface area contributed by atoms with Crippen LogP contribution in [-0.4, -0.2) is 22.4 Å². The number of carbonyl (C=O) groups excluding carboxylic acids is 1.